The predicted octanol–water partition coefficient (Wildman–Crippen LogP) is 5.25. The number of aromatic nitrogens is 3. The van der Waals surface area contributed by atoms with E-state index < -0.39 is 0 Å². The summed E-state index contributed by atoms with van der Waals surface area (Å²) in [5, 5.41) is 39.5. The number of rotatable bonds is 5. The predicted molar refractivity (Wildman–Crippen MR) is 124 cm³/mol. The average Bonchev–Trinajstić information content (AvgIpc) is 3.43. The molecular weight excluding hydrogens is 416 g/mol. The lowest BCUT2D eigenvalue weighted by molar-refractivity contribution is 0.447. The molecule has 0 aliphatic heterocycles. The molecule has 0 spiro atoms. The van der Waals surface area contributed by atoms with Crippen LogP contribution in [0.4, 0.5) is 0 Å². The van der Waals surface area contributed by atoms with Gasteiger partial charge in [-0.3, -0.25) is 0 Å². The Morgan fingerprint density at radius 3 is 2.52 bits per heavy atom. The zero-order valence-corrected chi connectivity index (χ0v) is 17.9. The number of aryl methyl sites for hydroxylation is 1. The largest absolute Gasteiger partial charge is 0.508 e. The summed E-state index contributed by atoms with van der Waals surface area (Å²) >= 11 is 0. The molecule has 33 heavy (non-hydrogen) atoms. The lowest BCUT2D eigenvalue weighted by Gasteiger charge is -2.10. The quantitative estimate of drug-likeness (QED) is 0.389. The zero-order chi connectivity index (χ0) is 22.9. The van der Waals surface area contributed by atoms with Gasteiger partial charge in [0.1, 0.15) is 28.5 Å². The van der Waals surface area contributed by atoms with Gasteiger partial charge in [0.05, 0.1) is 18.2 Å². The van der Waals surface area contributed by atoms with Crippen LogP contribution in [-0.2, 0) is 13.0 Å². The van der Waals surface area contributed by atoms with Gasteiger partial charge in [-0.15, -0.1) is 5.10 Å². The van der Waals surface area contributed by atoms with Crippen LogP contribution >= 0.6 is 0 Å². The lowest BCUT2D eigenvalue weighted by atomic mass is 10.0. The lowest BCUT2D eigenvalue weighted by Crippen LogP contribution is -2.04. The Kier molecular flexibility index (Phi) is 5.04. The average molecular weight is 436 g/mol. The molecule has 0 atom stereocenters. The maximum atomic E-state index is 10.6. The van der Waals surface area contributed by atoms with Gasteiger partial charge >= 0.3 is 0 Å². The highest BCUT2D eigenvalue weighted by Gasteiger charge is 2.23. The molecule has 7 nitrogen and oxygen atoms in total. The monoisotopic (exact) mass is 436 g/mol. The van der Waals surface area contributed by atoms with Crippen molar-refractivity contribution in [2.24, 2.45) is 0 Å². The number of nitrogens with zero attached hydrogens (tertiary/aromatic N) is 4. The van der Waals surface area contributed by atoms with E-state index in [0.29, 0.717) is 46.8 Å². The number of benzene rings is 3. The van der Waals surface area contributed by atoms with E-state index in [0.717, 1.165) is 16.5 Å². The van der Waals surface area contributed by atoms with Gasteiger partial charge < -0.3 is 14.6 Å². The summed E-state index contributed by atoms with van der Waals surface area (Å²) in [7, 11) is 0. The third kappa shape index (κ3) is 3.68. The summed E-state index contributed by atoms with van der Waals surface area (Å²) in [6.07, 6.45) is 0.596. The highest BCUT2D eigenvalue weighted by molar-refractivity contribution is 5.87. The van der Waals surface area contributed by atoms with Crippen LogP contribution in [0.2, 0.25) is 0 Å². The molecule has 0 saturated heterocycles. The van der Waals surface area contributed by atoms with Crippen LogP contribution < -0.4 is 0 Å². The third-order valence-corrected chi connectivity index (χ3v) is 5.64. The van der Waals surface area contributed by atoms with E-state index in [4.69, 9.17) is 9.68 Å². The highest BCUT2D eigenvalue weighted by Crippen LogP contribution is 2.40. The van der Waals surface area contributed by atoms with Gasteiger partial charge in [0, 0.05) is 17.0 Å². The minimum atomic E-state index is -0.0903. The molecule has 7 heteroatoms. The maximum Gasteiger partial charge on any atom is 0.155 e. The molecule has 0 saturated carbocycles. The number of nitriles is 1. The molecule has 0 radical (unpaired) electrons. The van der Waals surface area contributed by atoms with Crippen molar-refractivity contribution in [3.05, 3.63) is 83.4 Å². The molecular formula is C26H20N4O3. The molecule has 0 aliphatic carbocycles. The van der Waals surface area contributed by atoms with Crippen LogP contribution in [0.25, 0.3) is 33.7 Å². The fraction of sp³-hybridized carbons (Fsp3) is 0.115. The zero-order valence-electron chi connectivity index (χ0n) is 17.9. The first kappa shape index (κ1) is 20.3. The van der Waals surface area contributed by atoms with E-state index in [1.807, 2.05) is 49.4 Å². The molecule has 2 N–H and O–H groups in total. The van der Waals surface area contributed by atoms with Gasteiger partial charge in [-0.2, -0.15) is 5.26 Å². The molecule has 5 aromatic rings. The Morgan fingerprint density at radius 2 is 1.79 bits per heavy atom. The number of hydrogen-bond donors (Lipinski definition) is 2. The van der Waals surface area contributed by atoms with E-state index in [1.54, 1.807) is 22.9 Å². The summed E-state index contributed by atoms with van der Waals surface area (Å²) in [5.74, 6) is 0.511. The minimum absolute atomic E-state index is 0.0361. The van der Waals surface area contributed by atoms with Crippen molar-refractivity contribution in [1.29, 1.82) is 5.26 Å². The van der Waals surface area contributed by atoms with Crippen LogP contribution in [0.1, 0.15) is 23.6 Å². The van der Waals surface area contributed by atoms with Gasteiger partial charge in [0.25, 0.3) is 0 Å². The van der Waals surface area contributed by atoms with Crippen molar-refractivity contribution >= 4 is 11.0 Å². The summed E-state index contributed by atoms with van der Waals surface area (Å²) < 4.78 is 7.85. The Labute approximate surface area is 189 Å². The Morgan fingerprint density at radius 1 is 1.00 bits per heavy atom. The van der Waals surface area contributed by atoms with Crippen LogP contribution in [0.15, 0.2) is 71.1 Å². The maximum absolute atomic E-state index is 10.6. The number of aromatic hydroxyl groups is 2. The minimum Gasteiger partial charge on any atom is -0.508 e. The van der Waals surface area contributed by atoms with E-state index in [1.165, 1.54) is 6.07 Å². The fourth-order valence-electron chi connectivity index (χ4n) is 3.90. The van der Waals surface area contributed by atoms with Crippen molar-refractivity contribution in [2.45, 2.75) is 19.9 Å². The Balaban J connectivity index is 1.69. The summed E-state index contributed by atoms with van der Waals surface area (Å²) in [6, 6.07) is 22.1. The molecule has 0 aliphatic rings. The van der Waals surface area contributed by atoms with E-state index in [2.05, 4.69) is 16.4 Å². The number of para-hydroxylation sites is 1. The Hall–Kier alpha value is -4.57. The van der Waals surface area contributed by atoms with Gasteiger partial charge in [-0.25, -0.2) is 4.68 Å². The van der Waals surface area contributed by atoms with Gasteiger partial charge in [-0.05, 0) is 47.9 Å². The van der Waals surface area contributed by atoms with Crippen molar-refractivity contribution in [2.75, 3.05) is 0 Å². The van der Waals surface area contributed by atoms with Crippen molar-refractivity contribution < 1.29 is 14.6 Å². The first-order chi connectivity index (χ1) is 16.1. The first-order valence-corrected chi connectivity index (χ1v) is 10.5. The number of furan rings is 1. The second kappa shape index (κ2) is 8.17. The number of phenols is 2. The molecule has 0 unspecified atom stereocenters. The second-order valence-electron chi connectivity index (χ2n) is 7.75. The van der Waals surface area contributed by atoms with Crippen molar-refractivity contribution in [3.8, 4) is 40.3 Å². The van der Waals surface area contributed by atoms with Crippen molar-refractivity contribution in [3.63, 3.8) is 0 Å². The van der Waals surface area contributed by atoms with Gasteiger partial charge in [0.15, 0.2) is 5.76 Å². The standard InChI is InChI=1S/C26H20N4O3/c1-2-18-11-20(22(32)13-21(18)31)25-26(24-12-19-5-3-4-6-23(19)33-24)30(29-28-25)15-17-9-7-16(14-27)8-10-17/h3-13,31-32H,2,15H2,1H3. The SMILES string of the molecule is CCc1cc(-c2nnn(Cc3ccc(C#N)cc3)c2-c2cc3ccccc3o2)c(O)cc1O. The molecule has 2 aromatic heterocycles. The van der Waals surface area contributed by atoms with Crippen molar-refractivity contribution in [1.82, 2.24) is 15.0 Å². The molecule has 0 amide bonds. The van der Waals surface area contributed by atoms with Gasteiger partial charge in [0.2, 0.25) is 0 Å². The van der Waals surface area contributed by atoms with Crippen LogP contribution in [0.3, 0.4) is 0 Å². The number of hydrogen-bond acceptors (Lipinski definition) is 6. The molecule has 0 fully saturated rings. The Bertz CT molecular complexity index is 1470. The van der Waals surface area contributed by atoms with Crippen LogP contribution in [0.5, 0.6) is 11.5 Å². The topological polar surface area (TPSA) is 108 Å². The first-order valence-electron chi connectivity index (χ1n) is 10.5. The molecule has 0 bridgehead atoms. The van der Waals surface area contributed by atoms with Crippen LogP contribution in [-0.4, -0.2) is 25.2 Å². The molecule has 2 heterocycles. The van der Waals surface area contributed by atoms with E-state index >= 15 is 0 Å². The number of fused-ring (bicyclic) bond motifs is 1. The van der Waals surface area contributed by atoms with E-state index in [9.17, 15) is 10.2 Å². The van der Waals surface area contributed by atoms with Gasteiger partial charge in [-0.1, -0.05) is 42.5 Å². The number of phenolic OH excluding ortho intramolecular Hbond substituents is 2. The normalized spacial score (nSPS) is 11.0. The van der Waals surface area contributed by atoms with E-state index in [-0.39, 0.29) is 11.5 Å². The summed E-state index contributed by atoms with van der Waals surface area (Å²) in [5.41, 5.74) is 4.47. The summed E-state index contributed by atoms with van der Waals surface area (Å²) in [4.78, 5) is 0. The van der Waals surface area contributed by atoms with Crippen LogP contribution in [0, 0.1) is 11.3 Å². The molecule has 5 rings (SSSR count). The smallest absolute Gasteiger partial charge is 0.155 e. The summed E-state index contributed by atoms with van der Waals surface area (Å²) in [6.45, 7) is 2.32. The molecule has 162 valence electrons. The fourth-order valence-corrected chi connectivity index (χ4v) is 3.90. The second-order valence-corrected chi connectivity index (χ2v) is 7.75. The third-order valence-electron chi connectivity index (χ3n) is 5.64. The highest BCUT2D eigenvalue weighted by atomic mass is 16.3. The molecule has 3 aromatic carbocycles.